The number of rotatable bonds is 9. The Morgan fingerprint density at radius 3 is 2.20 bits per heavy atom. The highest BCUT2D eigenvalue weighted by atomic mass is 32.2. The van der Waals surface area contributed by atoms with Gasteiger partial charge in [-0.15, -0.1) is 4.98 Å². The fourth-order valence-electron chi connectivity index (χ4n) is 1.65. The van der Waals surface area contributed by atoms with Crippen LogP contribution in [0.2, 0.25) is 0 Å². The van der Waals surface area contributed by atoms with Crippen LogP contribution in [0, 0.1) is 0 Å². The van der Waals surface area contributed by atoms with Crippen molar-refractivity contribution in [2.24, 2.45) is 5.14 Å². The van der Waals surface area contributed by atoms with Gasteiger partial charge in [0.25, 0.3) is 0 Å². The lowest BCUT2D eigenvalue weighted by Gasteiger charge is -2.09. The maximum absolute atomic E-state index is 12.2. The van der Waals surface area contributed by atoms with Gasteiger partial charge in [-0.1, -0.05) is 0 Å². The number of halogens is 1. The number of nitrogens with one attached hydrogen (secondary N) is 1. The first kappa shape index (κ1) is 18.8. The molecule has 10 nitrogen and oxygen atoms in total. The number of primary sulfonamides is 1. The number of nitrogens with zero attached hydrogens (tertiary/aromatic N) is 3. The first-order valence-electron chi connectivity index (χ1n) is 7.01. The number of hydrogen-bond acceptors (Lipinski definition) is 9. The van der Waals surface area contributed by atoms with Crippen molar-refractivity contribution in [3.05, 3.63) is 24.3 Å². The van der Waals surface area contributed by atoms with Crippen LogP contribution in [0.5, 0.6) is 12.0 Å². The second kappa shape index (κ2) is 8.50. The molecule has 136 valence electrons. The fourth-order valence-corrected chi connectivity index (χ4v) is 2.16. The van der Waals surface area contributed by atoms with E-state index in [1.54, 1.807) is 0 Å². The number of hydrogen-bond donors (Lipinski definition) is 3. The van der Waals surface area contributed by atoms with Gasteiger partial charge in [-0.05, 0) is 24.3 Å². The lowest BCUT2D eigenvalue weighted by Crippen LogP contribution is -2.12. The van der Waals surface area contributed by atoms with Crippen LogP contribution in [0.15, 0.2) is 29.2 Å². The maximum Gasteiger partial charge on any atom is 0.324 e. The molecule has 0 aliphatic carbocycles. The topological polar surface area (TPSA) is 150 Å². The Morgan fingerprint density at radius 2 is 1.68 bits per heavy atom. The fraction of sp³-hybridized carbons (Fsp3) is 0.308. The smallest absolute Gasteiger partial charge is 0.324 e. The van der Waals surface area contributed by atoms with Gasteiger partial charge in [0.15, 0.2) is 0 Å². The highest BCUT2D eigenvalue weighted by Gasteiger charge is 2.11. The van der Waals surface area contributed by atoms with E-state index in [9.17, 15) is 12.8 Å². The van der Waals surface area contributed by atoms with Crippen LogP contribution in [0.3, 0.4) is 0 Å². The molecule has 0 saturated heterocycles. The quantitative estimate of drug-likeness (QED) is 0.551. The third-order valence-electron chi connectivity index (χ3n) is 2.66. The Labute approximate surface area is 142 Å². The molecule has 12 heteroatoms. The van der Waals surface area contributed by atoms with Gasteiger partial charge in [0.2, 0.25) is 16.0 Å². The number of alkyl halides is 1. The zero-order valence-electron chi connectivity index (χ0n) is 12.9. The number of benzene rings is 1. The summed E-state index contributed by atoms with van der Waals surface area (Å²) in [6, 6.07) is 5.25. The number of nitrogens with two attached hydrogens (primary N) is 1. The van der Waals surface area contributed by atoms with Gasteiger partial charge in [-0.3, -0.25) is 0 Å². The predicted molar refractivity (Wildman–Crippen MR) is 85.0 cm³/mol. The van der Waals surface area contributed by atoms with Gasteiger partial charge in [0.05, 0.1) is 11.5 Å². The van der Waals surface area contributed by atoms with Gasteiger partial charge in [0, 0.05) is 5.69 Å². The molecule has 1 aromatic heterocycles. The van der Waals surface area contributed by atoms with E-state index in [4.69, 9.17) is 19.7 Å². The molecule has 0 unspecified atom stereocenters. The van der Waals surface area contributed by atoms with Gasteiger partial charge in [-0.2, -0.15) is 9.97 Å². The van der Waals surface area contributed by atoms with Crippen LogP contribution in [0.1, 0.15) is 0 Å². The molecule has 0 aliphatic heterocycles. The van der Waals surface area contributed by atoms with E-state index in [1.165, 1.54) is 24.3 Å². The molecular weight excluding hydrogens is 357 g/mol. The minimum atomic E-state index is -3.79. The van der Waals surface area contributed by atoms with Crippen LogP contribution in [-0.2, 0) is 10.0 Å². The monoisotopic (exact) mass is 373 g/mol. The molecule has 0 radical (unpaired) electrons. The second-order valence-electron chi connectivity index (χ2n) is 4.53. The van der Waals surface area contributed by atoms with Crippen LogP contribution in [0.4, 0.5) is 16.0 Å². The third-order valence-corrected chi connectivity index (χ3v) is 3.59. The van der Waals surface area contributed by atoms with Crippen molar-refractivity contribution in [1.82, 2.24) is 15.0 Å². The molecule has 4 N–H and O–H groups in total. The average Bonchev–Trinajstić information content (AvgIpc) is 2.58. The summed E-state index contributed by atoms with van der Waals surface area (Å²) in [5.74, 6) is 0.0279. The maximum atomic E-state index is 12.2. The van der Waals surface area contributed by atoms with Gasteiger partial charge in [0.1, 0.15) is 19.9 Å². The molecule has 25 heavy (non-hydrogen) atoms. The number of aliphatic hydroxyl groups excluding tert-OH is 1. The summed E-state index contributed by atoms with van der Waals surface area (Å²) in [7, 11) is -3.79. The van der Waals surface area contributed by atoms with E-state index in [0.717, 1.165) is 0 Å². The number of ether oxygens (including phenoxy) is 2. The largest absolute Gasteiger partial charge is 0.461 e. The van der Waals surface area contributed by atoms with E-state index in [-0.39, 0.29) is 42.7 Å². The van der Waals surface area contributed by atoms with Gasteiger partial charge >= 0.3 is 12.0 Å². The molecule has 0 saturated carbocycles. The molecular formula is C13H16FN5O5S. The molecule has 0 atom stereocenters. The molecule has 1 heterocycles. The van der Waals surface area contributed by atoms with Crippen molar-refractivity contribution in [3.63, 3.8) is 0 Å². The average molecular weight is 373 g/mol. The highest BCUT2D eigenvalue weighted by molar-refractivity contribution is 7.89. The van der Waals surface area contributed by atoms with Crippen molar-refractivity contribution in [2.75, 3.05) is 31.8 Å². The summed E-state index contributed by atoms with van der Waals surface area (Å²) in [5.41, 5.74) is 0.461. The Bertz CT molecular complexity index is 777. The number of aromatic nitrogens is 3. The number of sulfonamides is 1. The SMILES string of the molecule is NS(=O)(=O)c1ccc(Nc2nc(OCCO)nc(OCCF)n2)cc1. The summed E-state index contributed by atoms with van der Waals surface area (Å²) in [5, 5.41) is 16.6. The Hall–Kier alpha value is -2.57. The molecule has 0 amide bonds. The lowest BCUT2D eigenvalue weighted by atomic mass is 10.3. The van der Waals surface area contributed by atoms with Crippen LogP contribution >= 0.6 is 0 Å². The first-order valence-corrected chi connectivity index (χ1v) is 8.55. The van der Waals surface area contributed by atoms with Crippen molar-refractivity contribution in [1.29, 1.82) is 0 Å². The summed E-state index contributed by atoms with van der Waals surface area (Å²) >= 11 is 0. The molecule has 2 aromatic rings. The summed E-state index contributed by atoms with van der Waals surface area (Å²) in [6.45, 7) is -1.26. The van der Waals surface area contributed by atoms with E-state index in [0.29, 0.717) is 5.69 Å². The predicted octanol–water partition coefficient (Wildman–Crippen LogP) is -0.0180. The summed E-state index contributed by atoms with van der Waals surface area (Å²) < 4.78 is 44.8. The Morgan fingerprint density at radius 1 is 1.08 bits per heavy atom. The second-order valence-corrected chi connectivity index (χ2v) is 6.09. The number of aliphatic hydroxyl groups is 1. The minimum Gasteiger partial charge on any atom is -0.461 e. The normalized spacial score (nSPS) is 11.2. The van der Waals surface area contributed by atoms with Gasteiger partial charge < -0.3 is 19.9 Å². The van der Waals surface area contributed by atoms with Crippen molar-refractivity contribution in [2.45, 2.75) is 4.90 Å². The van der Waals surface area contributed by atoms with E-state index < -0.39 is 16.7 Å². The zero-order valence-corrected chi connectivity index (χ0v) is 13.7. The van der Waals surface area contributed by atoms with E-state index >= 15 is 0 Å². The summed E-state index contributed by atoms with van der Waals surface area (Å²) in [4.78, 5) is 11.7. The van der Waals surface area contributed by atoms with Crippen LogP contribution < -0.4 is 19.9 Å². The molecule has 0 fully saturated rings. The van der Waals surface area contributed by atoms with Crippen LogP contribution in [0.25, 0.3) is 0 Å². The van der Waals surface area contributed by atoms with Crippen molar-refractivity contribution >= 4 is 21.7 Å². The molecule has 1 aromatic carbocycles. The highest BCUT2D eigenvalue weighted by Crippen LogP contribution is 2.19. The van der Waals surface area contributed by atoms with Crippen LogP contribution in [-0.4, -0.2) is 55.0 Å². The number of anilines is 2. The van der Waals surface area contributed by atoms with Gasteiger partial charge in [-0.25, -0.2) is 17.9 Å². The lowest BCUT2D eigenvalue weighted by molar-refractivity contribution is 0.187. The zero-order chi connectivity index (χ0) is 18.3. The van der Waals surface area contributed by atoms with Crippen molar-refractivity contribution in [3.8, 4) is 12.0 Å². The standard InChI is InChI=1S/C13H16FN5O5S/c14-5-7-23-12-17-11(18-13(19-12)24-8-6-20)16-9-1-3-10(4-2-9)25(15,21)22/h1-4,20H,5-8H2,(H2,15,21,22)(H,16,17,18,19). The molecule has 0 spiro atoms. The third kappa shape index (κ3) is 5.77. The van der Waals surface area contributed by atoms with E-state index in [2.05, 4.69) is 20.3 Å². The minimum absolute atomic E-state index is 0.0279. The molecule has 0 bridgehead atoms. The molecule has 0 aliphatic rings. The summed E-state index contributed by atoms with van der Waals surface area (Å²) in [6.07, 6.45) is 0. The van der Waals surface area contributed by atoms with E-state index in [1.807, 2.05) is 0 Å². The first-order chi connectivity index (χ1) is 11.9. The Balaban J connectivity index is 2.21. The Kier molecular flexibility index (Phi) is 6.38. The van der Waals surface area contributed by atoms with Crippen molar-refractivity contribution < 1.29 is 27.4 Å². The molecule has 2 rings (SSSR count).